The number of amides is 1. The molecule has 0 radical (unpaired) electrons. The van der Waals surface area contributed by atoms with Crippen LogP contribution in [0.25, 0.3) is 4.85 Å². The van der Waals surface area contributed by atoms with Crippen LogP contribution in [0.3, 0.4) is 0 Å². The third-order valence-electron chi connectivity index (χ3n) is 4.55. The van der Waals surface area contributed by atoms with E-state index in [0.29, 0.717) is 24.8 Å². The van der Waals surface area contributed by atoms with E-state index >= 15 is 0 Å². The van der Waals surface area contributed by atoms with E-state index in [0.717, 1.165) is 37.8 Å². The highest BCUT2D eigenvalue weighted by molar-refractivity contribution is 5.68. The van der Waals surface area contributed by atoms with Gasteiger partial charge in [0, 0.05) is 30.6 Å². The zero-order valence-corrected chi connectivity index (χ0v) is 12.5. The van der Waals surface area contributed by atoms with Crippen molar-refractivity contribution in [2.24, 2.45) is 0 Å². The van der Waals surface area contributed by atoms with Crippen molar-refractivity contribution >= 4 is 11.9 Å². The Labute approximate surface area is 129 Å². The maximum atomic E-state index is 12.2. The lowest BCUT2D eigenvalue weighted by Crippen LogP contribution is -2.42. The maximum absolute atomic E-state index is 12.2. The molecule has 0 unspecified atom stereocenters. The van der Waals surface area contributed by atoms with Crippen LogP contribution < -0.4 is 5.73 Å². The molecule has 0 spiro atoms. The van der Waals surface area contributed by atoms with Crippen molar-refractivity contribution in [2.45, 2.75) is 50.2 Å². The van der Waals surface area contributed by atoms with Crippen LogP contribution in [0, 0.1) is 6.57 Å². The van der Waals surface area contributed by atoms with E-state index in [9.17, 15) is 4.79 Å². The Morgan fingerprint density at radius 3 is 3.09 bits per heavy atom. The molecule has 1 aromatic heterocycles. The number of rotatable bonds is 2. The lowest BCUT2D eigenvalue weighted by molar-refractivity contribution is 0.0589. The number of nitrogens with two attached hydrogens (primary N) is 1. The molecule has 22 heavy (non-hydrogen) atoms. The highest BCUT2D eigenvalue weighted by atomic mass is 16.6. The molecule has 7 nitrogen and oxygen atoms in total. The number of anilines is 1. The fourth-order valence-electron chi connectivity index (χ4n) is 3.33. The van der Waals surface area contributed by atoms with Crippen LogP contribution in [0.2, 0.25) is 0 Å². The largest absolute Gasteiger partial charge is 0.446 e. The van der Waals surface area contributed by atoms with Gasteiger partial charge in [-0.2, -0.15) is 5.10 Å². The van der Waals surface area contributed by atoms with E-state index in [1.165, 1.54) is 0 Å². The molecular formula is C15H21N5O2. The number of piperidine rings is 1. The molecule has 1 amide bonds. The summed E-state index contributed by atoms with van der Waals surface area (Å²) >= 11 is 0. The van der Waals surface area contributed by atoms with E-state index in [1.54, 1.807) is 4.90 Å². The molecule has 0 bridgehead atoms. The first kappa shape index (κ1) is 14.7. The number of H-pyrrole nitrogens is 1. The molecule has 2 aliphatic rings. The van der Waals surface area contributed by atoms with Gasteiger partial charge in [0.2, 0.25) is 6.04 Å². The number of aromatic amines is 1. The van der Waals surface area contributed by atoms with Gasteiger partial charge in [0.05, 0.1) is 6.54 Å². The summed E-state index contributed by atoms with van der Waals surface area (Å²) in [5, 5.41) is 6.89. The Morgan fingerprint density at radius 1 is 1.50 bits per heavy atom. The normalized spacial score (nSPS) is 28.3. The Morgan fingerprint density at radius 2 is 2.36 bits per heavy atom. The van der Waals surface area contributed by atoms with Crippen LogP contribution in [0.1, 0.15) is 43.7 Å². The molecule has 2 fully saturated rings. The summed E-state index contributed by atoms with van der Waals surface area (Å²) in [6, 6.07) is 1.77. The summed E-state index contributed by atoms with van der Waals surface area (Å²) in [6.45, 7) is 8.29. The third kappa shape index (κ3) is 3.16. The van der Waals surface area contributed by atoms with Crippen LogP contribution in [-0.4, -0.2) is 46.4 Å². The van der Waals surface area contributed by atoms with Gasteiger partial charge in [-0.05, 0) is 25.7 Å². The fourth-order valence-corrected chi connectivity index (χ4v) is 3.33. The Bertz CT molecular complexity index is 579. The molecule has 3 N–H and O–H groups in total. The molecule has 0 aromatic carbocycles. The lowest BCUT2D eigenvalue weighted by atomic mass is 10.0. The molecule has 1 aliphatic heterocycles. The van der Waals surface area contributed by atoms with Gasteiger partial charge in [0.1, 0.15) is 11.9 Å². The van der Waals surface area contributed by atoms with Crippen molar-refractivity contribution in [2.75, 3.05) is 18.8 Å². The average Bonchev–Trinajstić information content (AvgIpc) is 3.16. The van der Waals surface area contributed by atoms with Gasteiger partial charge in [-0.15, -0.1) is 0 Å². The minimum absolute atomic E-state index is 0.0599. The van der Waals surface area contributed by atoms with Crippen LogP contribution in [-0.2, 0) is 4.74 Å². The molecular weight excluding hydrogens is 282 g/mol. The number of nitrogens with zero attached hydrogens (tertiary/aromatic N) is 3. The van der Waals surface area contributed by atoms with Gasteiger partial charge in [-0.25, -0.2) is 11.4 Å². The van der Waals surface area contributed by atoms with Crippen molar-refractivity contribution in [3.8, 4) is 0 Å². The number of carbonyl (C=O) groups is 1. The number of carbonyl (C=O) groups excluding carboxylic acids is 1. The van der Waals surface area contributed by atoms with Gasteiger partial charge < -0.3 is 20.2 Å². The van der Waals surface area contributed by atoms with E-state index in [-0.39, 0.29) is 18.2 Å². The molecule has 1 saturated heterocycles. The van der Waals surface area contributed by atoms with E-state index in [2.05, 4.69) is 15.0 Å². The number of hydrogen-bond acceptors (Lipinski definition) is 4. The van der Waals surface area contributed by atoms with E-state index in [4.69, 9.17) is 17.0 Å². The molecule has 1 saturated carbocycles. The highest BCUT2D eigenvalue weighted by Crippen LogP contribution is 2.35. The van der Waals surface area contributed by atoms with Gasteiger partial charge in [0.15, 0.2) is 0 Å². The molecule has 1 aliphatic carbocycles. The quantitative estimate of drug-likeness (QED) is 0.819. The maximum Gasteiger partial charge on any atom is 0.410 e. The van der Waals surface area contributed by atoms with Crippen molar-refractivity contribution in [3.05, 3.63) is 23.2 Å². The number of hydrogen-bond donors (Lipinski definition) is 2. The second-order valence-electron chi connectivity index (χ2n) is 6.14. The summed E-state index contributed by atoms with van der Waals surface area (Å²) in [6.07, 6.45) is 4.04. The number of aromatic nitrogens is 2. The second kappa shape index (κ2) is 6.26. The number of ether oxygens (including phenoxy) is 1. The topological polar surface area (TPSA) is 88.6 Å². The van der Waals surface area contributed by atoms with Gasteiger partial charge in [-0.1, -0.05) is 0 Å². The number of nitrogen functional groups attached to an aromatic ring is 1. The van der Waals surface area contributed by atoms with Crippen molar-refractivity contribution in [1.29, 1.82) is 0 Å². The predicted molar refractivity (Wildman–Crippen MR) is 81.1 cm³/mol. The first-order valence-corrected chi connectivity index (χ1v) is 7.78. The van der Waals surface area contributed by atoms with Crippen LogP contribution >= 0.6 is 0 Å². The number of likely N-dealkylation sites (tertiary alicyclic amines) is 1. The first-order valence-electron chi connectivity index (χ1n) is 7.78. The molecule has 1 aromatic rings. The number of nitrogens with one attached hydrogen (secondary N) is 1. The summed E-state index contributed by atoms with van der Waals surface area (Å²) in [7, 11) is 0. The molecule has 2 heterocycles. The van der Waals surface area contributed by atoms with Gasteiger partial charge in [-0.3, -0.25) is 5.10 Å². The highest BCUT2D eigenvalue weighted by Gasteiger charge is 2.33. The summed E-state index contributed by atoms with van der Waals surface area (Å²) in [5.41, 5.74) is 6.64. The SMILES string of the molecule is [C-]#[N+][C@H]1CCCN(C(=O)O[C@@H]2CC[C@H](c3cc(N)n[nH]3)C2)C1. The van der Waals surface area contributed by atoms with Gasteiger partial charge in [0.25, 0.3) is 0 Å². The van der Waals surface area contributed by atoms with E-state index < -0.39 is 0 Å². The smallest absolute Gasteiger partial charge is 0.410 e. The van der Waals surface area contributed by atoms with Crippen molar-refractivity contribution in [1.82, 2.24) is 15.1 Å². The zero-order valence-electron chi connectivity index (χ0n) is 12.5. The Kier molecular flexibility index (Phi) is 4.18. The minimum atomic E-state index is -0.275. The third-order valence-corrected chi connectivity index (χ3v) is 4.55. The predicted octanol–water partition coefficient (Wildman–Crippen LogP) is 2.15. The van der Waals surface area contributed by atoms with Crippen molar-refractivity contribution in [3.63, 3.8) is 0 Å². The average molecular weight is 303 g/mol. The van der Waals surface area contributed by atoms with Gasteiger partial charge >= 0.3 is 6.09 Å². The molecule has 118 valence electrons. The summed E-state index contributed by atoms with van der Waals surface area (Å²) < 4.78 is 5.62. The standard InChI is InChI=1S/C15H21N5O2/c1-17-11-3-2-6-20(9-11)15(21)22-12-5-4-10(7-12)13-8-14(16)19-18-13/h8,10-12H,2-7,9H2,(H3,16,18,19)/t10-,11-,12+/m0/s1. The first-order chi connectivity index (χ1) is 10.7. The monoisotopic (exact) mass is 303 g/mol. The van der Waals surface area contributed by atoms with E-state index in [1.807, 2.05) is 6.07 Å². The fraction of sp³-hybridized carbons (Fsp3) is 0.667. The minimum Gasteiger partial charge on any atom is -0.446 e. The van der Waals surface area contributed by atoms with Crippen LogP contribution in [0.15, 0.2) is 6.07 Å². The Balaban J connectivity index is 1.51. The molecule has 7 heteroatoms. The Hall–Kier alpha value is -2.23. The zero-order chi connectivity index (χ0) is 15.5. The summed E-state index contributed by atoms with van der Waals surface area (Å²) in [5.74, 6) is 0.814. The van der Waals surface area contributed by atoms with Crippen LogP contribution in [0.4, 0.5) is 10.6 Å². The van der Waals surface area contributed by atoms with Crippen molar-refractivity contribution < 1.29 is 9.53 Å². The second-order valence-corrected chi connectivity index (χ2v) is 6.14. The van der Waals surface area contributed by atoms with Crippen LogP contribution in [0.5, 0.6) is 0 Å². The lowest BCUT2D eigenvalue weighted by Gasteiger charge is -2.27. The molecule has 3 atom stereocenters. The molecule has 3 rings (SSSR count). The summed E-state index contributed by atoms with van der Waals surface area (Å²) in [4.78, 5) is 17.4.